The van der Waals surface area contributed by atoms with Crippen LogP contribution in [0.3, 0.4) is 0 Å². The van der Waals surface area contributed by atoms with E-state index in [4.69, 9.17) is 0 Å². The summed E-state index contributed by atoms with van der Waals surface area (Å²) in [5, 5.41) is 1.90. The minimum atomic E-state index is 0.744. The fraction of sp³-hybridized carbons (Fsp3) is 0.375. The fourth-order valence-corrected chi connectivity index (χ4v) is 1.18. The number of hydrazine groups is 1. The number of pyridine rings is 1. The lowest BCUT2D eigenvalue weighted by Gasteiger charge is -2.11. The van der Waals surface area contributed by atoms with Gasteiger partial charge in [-0.25, -0.2) is 5.43 Å². The Bertz CT molecular complexity index is 250. The van der Waals surface area contributed by atoms with E-state index in [2.05, 4.69) is 26.3 Å². The van der Waals surface area contributed by atoms with Crippen molar-refractivity contribution in [3.63, 3.8) is 0 Å². The third kappa shape index (κ3) is 2.89. The van der Waals surface area contributed by atoms with Gasteiger partial charge in [-0.15, -0.1) is 0 Å². The van der Waals surface area contributed by atoms with Crippen molar-refractivity contribution in [1.82, 2.24) is 15.4 Å². The Morgan fingerprint density at radius 1 is 1.58 bits per heavy atom. The minimum absolute atomic E-state index is 0.744. The van der Waals surface area contributed by atoms with Gasteiger partial charge in [0.2, 0.25) is 0 Å². The van der Waals surface area contributed by atoms with E-state index in [9.17, 15) is 0 Å². The largest absolute Gasteiger partial charge is 0.259 e. The molecule has 0 amide bonds. The first kappa shape index (κ1) is 9.64. The highest BCUT2D eigenvalue weighted by Crippen LogP contribution is 2.12. The van der Waals surface area contributed by atoms with Gasteiger partial charge in [-0.05, 0) is 28.1 Å². The highest BCUT2D eigenvalue weighted by atomic mass is 79.9. The van der Waals surface area contributed by atoms with Gasteiger partial charge in [0.05, 0.1) is 12.2 Å². The topological polar surface area (TPSA) is 28.2 Å². The van der Waals surface area contributed by atoms with Crippen LogP contribution in [0.5, 0.6) is 0 Å². The highest BCUT2D eigenvalue weighted by molar-refractivity contribution is 9.10. The summed E-state index contributed by atoms with van der Waals surface area (Å²) >= 11 is 3.43. The van der Waals surface area contributed by atoms with Gasteiger partial charge < -0.3 is 0 Å². The summed E-state index contributed by atoms with van der Waals surface area (Å²) < 4.78 is 1.04. The molecule has 0 aliphatic rings. The average Bonchev–Trinajstić information content (AvgIpc) is 2.03. The van der Waals surface area contributed by atoms with Crippen LogP contribution in [0.2, 0.25) is 0 Å². The fourth-order valence-electron chi connectivity index (χ4n) is 0.781. The molecule has 1 rings (SSSR count). The highest BCUT2D eigenvalue weighted by Gasteiger charge is 1.98. The zero-order chi connectivity index (χ0) is 8.97. The molecule has 0 atom stereocenters. The van der Waals surface area contributed by atoms with Crippen LogP contribution in [0, 0.1) is 0 Å². The van der Waals surface area contributed by atoms with E-state index in [-0.39, 0.29) is 0 Å². The lowest BCUT2D eigenvalue weighted by atomic mass is 10.3. The van der Waals surface area contributed by atoms with Crippen LogP contribution in [-0.2, 0) is 6.54 Å². The molecule has 0 radical (unpaired) electrons. The van der Waals surface area contributed by atoms with E-state index in [1.54, 1.807) is 6.20 Å². The van der Waals surface area contributed by atoms with Gasteiger partial charge in [0.1, 0.15) is 0 Å². The maximum Gasteiger partial charge on any atom is 0.0697 e. The van der Waals surface area contributed by atoms with Crippen LogP contribution >= 0.6 is 15.9 Å². The second-order valence-corrected chi connectivity index (χ2v) is 3.52. The molecule has 0 aliphatic carbocycles. The minimum Gasteiger partial charge on any atom is -0.259 e. The zero-order valence-corrected chi connectivity index (χ0v) is 8.80. The molecule has 1 heterocycles. The van der Waals surface area contributed by atoms with Crippen LogP contribution in [0.4, 0.5) is 0 Å². The lowest BCUT2D eigenvalue weighted by molar-refractivity contribution is 0.284. The molecule has 1 aromatic rings. The van der Waals surface area contributed by atoms with Gasteiger partial charge in [-0.3, -0.25) is 9.99 Å². The van der Waals surface area contributed by atoms with Crippen molar-refractivity contribution in [2.75, 3.05) is 14.1 Å². The van der Waals surface area contributed by atoms with Crippen LogP contribution in [0.15, 0.2) is 22.8 Å². The Morgan fingerprint density at radius 3 is 2.92 bits per heavy atom. The van der Waals surface area contributed by atoms with Crippen molar-refractivity contribution in [2.45, 2.75) is 6.54 Å². The Labute approximate surface area is 80.9 Å². The van der Waals surface area contributed by atoms with Crippen molar-refractivity contribution >= 4 is 15.9 Å². The van der Waals surface area contributed by atoms with Crippen molar-refractivity contribution in [3.8, 4) is 0 Å². The Morgan fingerprint density at radius 2 is 2.33 bits per heavy atom. The molecule has 12 heavy (non-hydrogen) atoms. The number of hydrogen-bond acceptors (Lipinski definition) is 3. The van der Waals surface area contributed by atoms with Crippen molar-refractivity contribution < 1.29 is 0 Å². The first-order chi connectivity index (χ1) is 5.70. The van der Waals surface area contributed by atoms with Gasteiger partial charge in [-0.2, -0.15) is 0 Å². The van der Waals surface area contributed by atoms with Crippen LogP contribution in [0.25, 0.3) is 0 Å². The van der Waals surface area contributed by atoms with Crippen molar-refractivity contribution in [1.29, 1.82) is 0 Å². The number of aromatic nitrogens is 1. The van der Waals surface area contributed by atoms with Crippen LogP contribution in [0.1, 0.15) is 5.69 Å². The quantitative estimate of drug-likeness (QED) is 0.796. The molecule has 0 bridgehead atoms. The summed E-state index contributed by atoms with van der Waals surface area (Å²) in [4.78, 5) is 4.21. The van der Waals surface area contributed by atoms with Gasteiger partial charge in [-0.1, -0.05) is 0 Å². The molecule has 0 fully saturated rings. The SMILES string of the molecule is CN(C)NCc1ncccc1Br. The second kappa shape index (κ2) is 4.54. The number of nitrogens with one attached hydrogen (secondary N) is 1. The molecule has 0 saturated carbocycles. The zero-order valence-electron chi connectivity index (χ0n) is 7.21. The third-order valence-electron chi connectivity index (χ3n) is 1.40. The van der Waals surface area contributed by atoms with E-state index in [0.29, 0.717) is 0 Å². The molecule has 0 spiro atoms. The van der Waals surface area contributed by atoms with E-state index in [1.165, 1.54) is 0 Å². The summed E-state index contributed by atoms with van der Waals surface area (Å²) in [7, 11) is 3.91. The van der Waals surface area contributed by atoms with Gasteiger partial charge in [0.25, 0.3) is 0 Å². The van der Waals surface area contributed by atoms with E-state index >= 15 is 0 Å². The van der Waals surface area contributed by atoms with Crippen molar-refractivity contribution in [2.24, 2.45) is 0 Å². The third-order valence-corrected chi connectivity index (χ3v) is 2.12. The Kier molecular flexibility index (Phi) is 3.65. The number of nitrogens with zero attached hydrogens (tertiary/aromatic N) is 2. The molecule has 1 N–H and O–H groups in total. The first-order valence-corrected chi connectivity index (χ1v) is 4.49. The smallest absolute Gasteiger partial charge is 0.0697 e. The Hall–Kier alpha value is -0.450. The first-order valence-electron chi connectivity index (χ1n) is 3.70. The molecule has 0 aromatic carbocycles. The van der Waals surface area contributed by atoms with Crippen LogP contribution in [-0.4, -0.2) is 24.1 Å². The molecule has 3 nitrogen and oxygen atoms in total. The molecule has 0 unspecified atom stereocenters. The standard InChI is InChI=1S/C8H12BrN3/c1-12(2)11-6-8-7(9)4-3-5-10-8/h3-5,11H,6H2,1-2H3. The average molecular weight is 230 g/mol. The summed E-state index contributed by atoms with van der Waals surface area (Å²) in [6.07, 6.45) is 1.79. The maximum atomic E-state index is 4.21. The number of rotatable bonds is 3. The summed E-state index contributed by atoms with van der Waals surface area (Å²) in [5.41, 5.74) is 4.16. The van der Waals surface area contributed by atoms with E-state index < -0.39 is 0 Å². The molecule has 66 valence electrons. The van der Waals surface area contributed by atoms with Gasteiger partial charge in [0.15, 0.2) is 0 Å². The lowest BCUT2D eigenvalue weighted by Crippen LogP contribution is -2.30. The van der Waals surface area contributed by atoms with Gasteiger partial charge >= 0.3 is 0 Å². The molecule has 4 heteroatoms. The summed E-state index contributed by atoms with van der Waals surface area (Å²) in [5.74, 6) is 0. The van der Waals surface area contributed by atoms with E-state index in [0.717, 1.165) is 16.7 Å². The Balaban J connectivity index is 2.57. The maximum absolute atomic E-state index is 4.21. The normalized spacial score (nSPS) is 10.7. The summed E-state index contributed by atoms with van der Waals surface area (Å²) in [6, 6.07) is 3.89. The van der Waals surface area contributed by atoms with E-state index in [1.807, 2.05) is 31.2 Å². The van der Waals surface area contributed by atoms with Crippen molar-refractivity contribution in [3.05, 3.63) is 28.5 Å². The summed E-state index contributed by atoms with van der Waals surface area (Å²) in [6.45, 7) is 0.744. The van der Waals surface area contributed by atoms with Crippen LogP contribution < -0.4 is 5.43 Å². The van der Waals surface area contributed by atoms with Gasteiger partial charge in [0, 0.05) is 24.8 Å². The number of halogens is 1. The monoisotopic (exact) mass is 229 g/mol. The number of hydrogen-bond donors (Lipinski definition) is 1. The molecular formula is C8H12BrN3. The molecular weight excluding hydrogens is 218 g/mol. The predicted molar refractivity (Wildman–Crippen MR) is 52.5 cm³/mol. The molecule has 0 saturated heterocycles. The predicted octanol–water partition coefficient (Wildman–Crippen LogP) is 1.41. The molecule has 1 aromatic heterocycles. The molecule has 0 aliphatic heterocycles. The second-order valence-electron chi connectivity index (χ2n) is 2.66.